The summed E-state index contributed by atoms with van der Waals surface area (Å²) in [4.78, 5) is 23.5. The van der Waals surface area contributed by atoms with E-state index in [1.807, 2.05) is 0 Å². The van der Waals surface area contributed by atoms with Crippen molar-refractivity contribution in [3.05, 3.63) is 62.5 Å². The molecule has 0 aliphatic carbocycles. The molecular weight excluding hydrogens is 365 g/mol. The molecule has 0 saturated carbocycles. The Balaban J connectivity index is 2.08. The van der Waals surface area contributed by atoms with Gasteiger partial charge < -0.3 is 10.8 Å². The van der Waals surface area contributed by atoms with Crippen LogP contribution >= 0.6 is 23.2 Å². The lowest BCUT2D eigenvalue weighted by Gasteiger charge is -2.08. The van der Waals surface area contributed by atoms with E-state index in [0.717, 1.165) is 5.56 Å². The van der Waals surface area contributed by atoms with Crippen LogP contribution in [0.15, 0.2) is 41.2 Å². The van der Waals surface area contributed by atoms with Crippen LogP contribution in [0.5, 0.6) is 0 Å². The molecule has 0 saturated heterocycles. The molecule has 0 aliphatic rings. The molecule has 0 spiro atoms. The number of aromatic nitrogens is 2. The highest BCUT2D eigenvalue weighted by Crippen LogP contribution is 2.28. The predicted molar refractivity (Wildman–Crippen MR) is 97.9 cm³/mol. The zero-order valence-corrected chi connectivity index (χ0v) is 14.8. The molecule has 1 unspecified atom stereocenters. The first kappa shape index (κ1) is 17.5. The summed E-state index contributed by atoms with van der Waals surface area (Å²) in [5.74, 6) is -1.05. The fraction of sp³-hybridized carbons (Fsp3) is 0.176. The van der Waals surface area contributed by atoms with Gasteiger partial charge in [0.25, 0.3) is 0 Å². The zero-order valence-electron chi connectivity index (χ0n) is 13.2. The average Bonchev–Trinajstić information content (AvgIpc) is 2.80. The summed E-state index contributed by atoms with van der Waals surface area (Å²) in [6.07, 6.45) is 0.210. The maximum Gasteiger partial charge on any atom is 0.333 e. The van der Waals surface area contributed by atoms with Gasteiger partial charge in [-0.15, -0.1) is 0 Å². The number of rotatable bonds is 4. The molecule has 3 aromatic rings. The van der Waals surface area contributed by atoms with E-state index in [9.17, 15) is 9.59 Å². The number of halogens is 2. The molecule has 0 fully saturated rings. The molecule has 2 aromatic carbocycles. The number of aryl methyl sites for hydroxylation is 1. The molecular formula is C17H15Cl2N3O3. The first-order chi connectivity index (χ1) is 11.8. The second-order valence-electron chi connectivity index (χ2n) is 5.75. The van der Waals surface area contributed by atoms with Crippen molar-refractivity contribution in [1.29, 1.82) is 0 Å². The van der Waals surface area contributed by atoms with Gasteiger partial charge in [-0.2, -0.15) is 0 Å². The maximum atomic E-state index is 12.6. The largest absolute Gasteiger partial charge is 0.480 e. The summed E-state index contributed by atoms with van der Waals surface area (Å²) in [6, 6.07) is 9.32. The molecule has 6 nitrogen and oxygen atoms in total. The predicted octanol–water partition coefficient (Wildman–Crippen LogP) is 2.59. The van der Waals surface area contributed by atoms with Crippen molar-refractivity contribution in [3.63, 3.8) is 0 Å². The molecule has 130 valence electrons. The topological polar surface area (TPSA) is 90.3 Å². The molecule has 0 aliphatic heterocycles. The van der Waals surface area contributed by atoms with Gasteiger partial charge in [-0.1, -0.05) is 35.3 Å². The number of benzene rings is 2. The Kier molecular flexibility index (Phi) is 4.60. The highest BCUT2D eigenvalue weighted by atomic mass is 35.5. The van der Waals surface area contributed by atoms with Crippen LogP contribution in [0.2, 0.25) is 10.0 Å². The smallest absolute Gasteiger partial charge is 0.333 e. The van der Waals surface area contributed by atoms with E-state index in [0.29, 0.717) is 26.8 Å². The lowest BCUT2D eigenvalue weighted by Crippen LogP contribution is -2.32. The van der Waals surface area contributed by atoms with Gasteiger partial charge >= 0.3 is 11.7 Å². The van der Waals surface area contributed by atoms with Crippen LogP contribution in [0.25, 0.3) is 16.7 Å². The fourth-order valence-electron chi connectivity index (χ4n) is 2.70. The summed E-state index contributed by atoms with van der Waals surface area (Å²) < 4.78 is 3.02. The van der Waals surface area contributed by atoms with E-state index in [1.165, 1.54) is 9.13 Å². The van der Waals surface area contributed by atoms with Gasteiger partial charge in [0.1, 0.15) is 6.04 Å². The van der Waals surface area contributed by atoms with Gasteiger partial charge in [-0.05, 0) is 36.2 Å². The SMILES string of the molecule is Cn1c(=O)n(-c2ccc(CC(N)C(=O)O)cc2)c2cc(Cl)c(Cl)cc21. The summed E-state index contributed by atoms with van der Waals surface area (Å²) in [6.45, 7) is 0. The van der Waals surface area contributed by atoms with Crippen molar-refractivity contribution in [2.24, 2.45) is 12.8 Å². The molecule has 1 heterocycles. The second-order valence-corrected chi connectivity index (χ2v) is 6.56. The van der Waals surface area contributed by atoms with Crippen molar-refractivity contribution < 1.29 is 9.90 Å². The third-order valence-electron chi connectivity index (χ3n) is 4.07. The van der Waals surface area contributed by atoms with Crippen molar-refractivity contribution in [3.8, 4) is 5.69 Å². The van der Waals surface area contributed by atoms with E-state index in [1.54, 1.807) is 43.4 Å². The van der Waals surface area contributed by atoms with Crippen LogP contribution in [0, 0.1) is 0 Å². The molecule has 1 aromatic heterocycles. The summed E-state index contributed by atoms with van der Waals surface area (Å²) in [7, 11) is 1.66. The number of hydrogen-bond acceptors (Lipinski definition) is 3. The minimum Gasteiger partial charge on any atom is -0.480 e. The van der Waals surface area contributed by atoms with E-state index in [4.69, 9.17) is 34.0 Å². The van der Waals surface area contributed by atoms with E-state index in [2.05, 4.69) is 0 Å². The second kappa shape index (κ2) is 6.55. The van der Waals surface area contributed by atoms with Crippen LogP contribution in [-0.4, -0.2) is 26.3 Å². The number of fused-ring (bicyclic) bond motifs is 1. The molecule has 0 amide bonds. The first-order valence-electron chi connectivity index (χ1n) is 7.43. The number of aliphatic carboxylic acids is 1. The Bertz CT molecular complexity index is 1020. The lowest BCUT2D eigenvalue weighted by molar-refractivity contribution is -0.138. The molecule has 0 radical (unpaired) electrons. The van der Waals surface area contributed by atoms with Gasteiger partial charge in [0.2, 0.25) is 0 Å². The summed E-state index contributed by atoms with van der Waals surface area (Å²) in [5, 5.41) is 9.62. The number of nitrogens with two attached hydrogens (primary N) is 1. The normalized spacial score (nSPS) is 12.5. The molecule has 1 atom stereocenters. The van der Waals surface area contributed by atoms with Crippen molar-refractivity contribution >= 4 is 40.2 Å². The van der Waals surface area contributed by atoms with Gasteiger partial charge in [-0.25, -0.2) is 4.79 Å². The van der Waals surface area contributed by atoms with Crippen LogP contribution in [-0.2, 0) is 18.3 Å². The van der Waals surface area contributed by atoms with Gasteiger partial charge in [0.15, 0.2) is 0 Å². The Hall–Kier alpha value is -2.28. The molecule has 8 heteroatoms. The van der Waals surface area contributed by atoms with Crippen LogP contribution in [0.1, 0.15) is 5.56 Å². The van der Waals surface area contributed by atoms with Crippen LogP contribution in [0.3, 0.4) is 0 Å². The Morgan fingerprint density at radius 1 is 1.16 bits per heavy atom. The number of nitrogens with zero attached hydrogens (tertiary/aromatic N) is 2. The molecule has 3 N–H and O–H groups in total. The van der Waals surface area contributed by atoms with Crippen LogP contribution < -0.4 is 11.4 Å². The molecule has 3 rings (SSSR count). The van der Waals surface area contributed by atoms with Crippen LogP contribution in [0.4, 0.5) is 0 Å². The van der Waals surface area contributed by atoms with Crippen molar-refractivity contribution in [2.75, 3.05) is 0 Å². The minimum absolute atomic E-state index is 0.210. The number of imidazole rings is 1. The standard InChI is InChI=1S/C17H15Cl2N3O3/c1-21-14-7-11(18)12(19)8-15(14)22(17(21)25)10-4-2-9(3-5-10)6-13(20)16(23)24/h2-5,7-8,13H,6,20H2,1H3,(H,23,24). The van der Waals surface area contributed by atoms with Gasteiger partial charge in [0, 0.05) is 7.05 Å². The summed E-state index contributed by atoms with van der Waals surface area (Å²) in [5.41, 5.74) is 8.02. The van der Waals surface area contributed by atoms with Gasteiger partial charge in [0.05, 0.1) is 26.8 Å². The van der Waals surface area contributed by atoms with Gasteiger partial charge in [-0.3, -0.25) is 13.9 Å². The highest BCUT2D eigenvalue weighted by Gasteiger charge is 2.16. The Morgan fingerprint density at radius 3 is 2.28 bits per heavy atom. The average molecular weight is 380 g/mol. The summed E-state index contributed by atoms with van der Waals surface area (Å²) >= 11 is 12.1. The number of carbonyl (C=O) groups is 1. The number of carboxylic acid groups (broad SMARTS) is 1. The van der Waals surface area contributed by atoms with Crippen molar-refractivity contribution in [1.82, 2.24) is 9.13 Å². The zero-order chi connectivity index (χ0) is 18.3. The molecule has 25 heavy (non-hydrogen) atoms. The van der Waals surface area contributed by atoms with E-state index in [-0.39, 0.29) is 12.1 Å². The quantitative estimate of drug-likeness (QED) is 0.728. The number of carboxylic acids is 1. The molecule has 0 bridgehead atoms. The van der Waals surface area contributed by atoms with E-state index >= 15 is 0 Å². The Labute approximate surface area is 153 Å². The third kappa shape index (κ3) is 3.16. The highest BCUT2D eigenvalue weighted by molar-refractivity contribution is 6.42. The van der Waals surface area contributed by atoms with Crippen molar-refractivity contribution in [2.45, 2.75) is 12.5 Å². The van der Waals surface area contributed by atoms with E-state index < -0.39 is 12.0 Å². The minimum atomic E-state index is -1.05. The maximum absolute atomic E-state index is 12.6. The monoisotopic (exact) mass is 379 g/mol. The Morgan fingerprint density at radius 2 is 1.72 bits per heavy atom. The lowest BCUT2D eigenvalue weighted by atomic mass is 10.1. The first-order valence-corrected chi connectivity index (χ1v) is 8.19. The fourth-order valence-corrected chi connectivity index (χ4v) is 3.02. The third-order valence-corrected chi connectivity index (χ3v) is 4.79. The number of hydrogen-bond donors (Lipinski definition) is 2.